The molecule has 1 heterocycles. The number of benzene rings is 3. The smallest absolute Gasteiger partial charge is 0.338 e. The highest BCUT2D eigenvalue weighted by Gasteiger charge is 2.50. The lowest BCUT2D eigenvalue weighted by molar-refractivity contribution is -0.301. The lowest BCUT2D eigenvalue weighted by Gasteiger charge is -2.43. The number of hydrogen-bond donors (Lipinski definition) is 1. The summed E-state index contributed by atoms with van der Waals surface area (Å²) in [5, 5.41) is 11.4. The van der Waals surface area contributed by atoms with Crippen LogP contribution < -0.4 is 0 Å². The Balaban J connectivity index is 1.52. The minimum Gasteiger partial charge on any atom is -0.469 e. The predicted molar refractivity (Wildman–Crippen MR) is 158 cm³/mol. The summed E-state index contributed by atoms with van der Waals surface area (Å²) in [7, 11) is 1.35. The summed E-state index contributed by atoms with van der Waals surface area (Å²) in [6.45, 7) is 0.409. The Morgan fingerprint density at radius 2 is 1.32 bits per heavy atom. The third kappa shape index (κ3) is 9.72. The van der Waals surface area contributed by atoms with E-state index < -0.39 is 42.6 Å². The van der Waals surface area contributed by atoms with Crippen LogP contribution in [0.1, 0.15) is 52.0 Å². The van der Waals surface area contributed by atoms with Gasteiger partial charge in [0.1, 0.15) is 12.2 Å². The fourth-order valence-electron chi connectivity index (χ4n) is 4.67. The van der Waals surface area contributed by atoms with Gasteiger partial charge in [-0.2, -0.15) is 0 Å². The van der Waals surface area contributed by atoms with E-state index in [1.54, 1.807) is 60.7 Å². The number of esters is 3. The minimum absolute atomic E-state index is 0.0478. The van der Waals surface area contributed by atoms with Gasteiger partial charge < -0.3 is 33.5 Å². The summed E-state index contributed by atoms with van der Waals surface area (Å²) in [4.78, 5) is 37.7. The molecule has 10 nitrogen and oxygen atoms in total. The summed E-state index contributed by atoms with van der Waals surface area (Å²) in [6, 6.07) is 26.1. The molecule has 3 aromatic rings. The van der Waals surface area contributed by atoms with E-state index in [1.807, 2.05) is 30.3 Å². The molecule has 1 N–H and O–H groups in total. The Kier molecular flexibility index (Phi) is 12.9. The molecule has 0 spiro atoms. The average Bonchev–Trinajstić information content (AvgIpc) is 3.06. The van der Waals surface area contributed by atoms with Crippen LogP contribution in [0.3, 0.4) is 0 Å². The highest BCUT2D eigenvalue weighted by molar-refractivity contribution is 5.90. The Morgan fingerprint density at radius 1 is 0.750 bits per heavy atom. The van der Waals surface area contributed by atoms with E-state index in [0.29, 0.717) is 19.3 Å². The molecule has 1 aliphatic rings. The number of carbonyl (C=O) groups is 3. The molecule has 1 aliphatic heterocycles. The van der Waals surface area contributed by atoms with Crippen LogP contribution in [0.4, 0.5) is 0 Å². The monoisotopic (exact) mass is 606 g/mol. The number of methoxy groups -OCH3 is 1. The van der Waals surface area contributed by atoms with E-state index >= 15 is 0 Å². The average molecular weight is 607 g/mol. The first kappa shape index (κ1) is 32.8. The molecule has 0 unspecified atom stereocenters. The van der Waals surface area contributed by atoms with Gasteiger partial charge in [-0.05, 0) is 42.7 Å². The van der Waals surface area contributed by atoms with Crippen LogP contribution in [0.25, 0.3) is 0 Å². The second kappa shape index (κ2) is 17.3. The fraction of sp³-hybridized carbons (Fsp3) is 0.382. The first-order valence-corrected chi connectivity index (χ1v) is 14.6. The summed E-state index contributed by atoms with van der Waals surface area (Å²) in [5.41, 5.74) is 1.46. The van der Waals surface area contributed by atoms with Crippen molar-refractivity contribution in [3.8, 4) is 0 Å². The second-order valence-corrected chi connectivity index (χ2v) is 10.3. The van der Waals surface area contributed by atoms with Crippen molar-refractivity contribution in [2.75, 3.05) is 20.3 Å². The highest BCUT2D eigenvalue weighted by atomic mass is 16.7. The van der Waals surface area contributed by atoms with Crippen molar-refractivity contribution in [1.29, 1.82) is 0 Å². The van der Waals surface area contributed by atoms with Crippen molar-refractivity contribution in [2.24, 2.45) is 0 Å². The van der Waals surface area contributed by atoms with Crippen molar-refractivity contribution in [2.45, 2.75) is 63.0 Å². The summed E-state index contributed by atoms with van der Waals surface area (Å²) >= 11 is 0. The molecule has 1 fully saturated rings. The molecule has 3 aromatic carbocycles. The van der Waals surface area contributed by atoms with Crippen molar-refractivity contribution in [3.63, 3.8) is 0 Å². The van der Waals surface area contributed by atoms with Crippen molar-refractivity contribution in [1.82, 2.24) is 0 Å². The Bertz CT molecular complexity index is 1300. The van der Waals surface area contributed by atoms with Gasteiger partial charge in [0.05, 0.1) is 31.5 Å². The molecule has 44 heavy (non-hydrogen) atoms. The molecule has 0 aromatic heterocycles. The van der Waals surface area contributed by atoms with E-state index in [0.717, 1.165) is 5.56 Å². The molecular formula is C34H38O10. The number of ether oxygens (including phenoxy) is 6. The summed E-state index contributed by atoms with van der Waals surface area (Å²) < 4.78 is 34.4. The number of unbranched alkanes of at least 4 members (excludes halogenated alkanes) is 2. The molecule has 1 saturated heterocycles. The van der Waals surface area contributed by atoms with Crippen LogP contribution in [-0.4, -0.2) is 74.0 Å². The molecule has 234 valence electrons. The van der Waals surface area contributed by atoms with Crippen LogP contribution in [-0.2, 0) is 39.8 Å². The molecule has 5 atom stereocenters. The van der Waals surface area contributed by atoms with Crippen molar-refractivity contribution >= 4 is 17.9 Å². The first-order valence-electron chi connectivity index (χ1n) is 14.6. The lowest BCUT2D eigenvalue weighted by atomic mass is 9.98. The molecule has 4 rings (SSSR count). The van der Waals surface area contributed by atoms with E-state index in [2.05, 4.69) is 4.74 Å². The topological polar surface area (TPSA) is 127 Å². The number of aliphatic hydroxyl groups is 1. The largest absolute Gasteiger partial charge is 0.469 e. The SMILES string of the molecule is COC(=O)CCCCCO[C@@H]1O[C@H](COCc2ccccc2)[C@H](O)[C@H](OC(=O)c2ccccc2)[C@H]1OC(=O)c1ccccc1. The lowest BCUT2D eigenvalue weighted by Crippen LogP contribution is -2.62. The highest BCUT2D eigenvalue weighted by Crippen LogP contribution is 2.29. The quantitative estimate of drug-likeness (QED) is 0.150. The molecular weight excluding hydrogens is 568 g/mol. The van der Waals surface area contributed by atoms with E-state index in [9.17, 15) is 19.5 Å². The first-order chi connectivity index (χ1) is 21.5. The van der Waals surface area contributed by atoms with Crippen molar-refractivity contribution in [3.05, 3.63) is 108 Å². The molecule has 10 heteroatoms. The predicted octanol–water partition coefficient (Wildman–Crippen LogP) is 4.49. The van der Waals surface area contributed by atoms with Gasteiger partial charge in [-0.3, -0.25) is 4.79 Å². The fourth-order valence-corrected chi connectivity index (χ4v) is 4.67. The van der Waals surface area contributed by atoms with Crippen LogP contribution in [0.2, 0.25) is 0 Å². The van der Waals surface area contributed by atoms with Crippen LogP contribution in [0.15, 0.2) is 91.0 Å². The second-order valence-electron chi connectivity index (χ2n) is 10.3. The maximum Gasteiger partial charge on any atom is 0.338 e. The van der Waals surface area contributed by atoms with Crippen LogP contribution in [0.5, 0.6) is 0 Å². The van der Waals surface area contributed by atoms with Gasteiger partial charge in [0, 0.05) is 13.0 Å². The molecule has 0 aliphatic carbocycles. The number of aliphatic hydroxyl groups excluding tert-OH is 1. The zero-order chi connectivity index (χ0) is 31.1. The molecule has 0 saturated carbocycles. The van der Waals surface area contributed by atoms with E-state index in [4.69, 9.17) is 23.7 Å². The van der Waals surface area contributed by atoms with E-state index in [-0.39, 0.29) is 43.3 Å². The van der Waals surface area contributed by atoms with Gasteiger partial charge in [0.15, 0.2) is 18.5 Å². The molecule has 0 bridgehead atoms. The van der Waals surface area contributed by atoms with Gasteiger partial charge in [-0.15, -0.1) is 0 Å². The third-order valence-electron chi connectivity index (χ3n) is 7.05. The van der Waals surface area contributed by atoms with E-state index in [1.165, 1.54) is 7.11 Å². The van der Waals surface area contributed by atoms with Crippen LogP contribution >= 0.6 is 0 Å². The molecule has 0 amide bonds. The maximum atomic E-state index is 13.2. The van der Waals surface area contributed by atoms with Gasteiger partial charge >= 0.3 is 17.9 Å². The maximum absolute atomic E-state index is 13.2. The van der Waals surface area contributed by atoms with Crippen molar-refractivity contribution < 1.29 is 47.9 Å². The van der Waals surface area contributed by atoms with Gasteiger partial charge in [-0.25, -0.2) is 9.59 Å². The Labute approximate surface area is 256 Å². The standard InChI is InChI=1S/C34H38O10/c1-39-28(35)20-12-5-13-21-41-34-31(44-33(38)26-18-10-4-11-19-26)30(43-32(37)25-16-8-3-9-17-25)29(36)27(42-34)23-40-22-24-14-6-2-7-15-24/h2-4,6-11,14-19,27,29-31,34,36H,5,12-13,20-23H2,1H3/t27-,29+,30+,31-,34-/m1/s1. The van der Waals surface area contributed by atoms with Crippen LogP contribution in [0, 0.1) is 0 Å². The number of carbonyl (C=O) groups excluding carboxylic acids is 3. The zero-order valence-electron chi connectivity index (χ0n) is 24.6. The van der Waals surface area contributed by atoms with Gasteiger partial charge in [-0.1, -0.05) is 73.2 Å². The number of rotatable bonds is 15. The normalized spacial score (nSPS) is 21.3. The zero-order valence-corrected chi connectivity index (χ0v) is 24.6. The molecule has 0 radical (unpaired) electrons. The number of hydrogen-bond acceptors (Lipinski definition) is 10. The summed E-state index contributed by atoms with van der Waals surface area (Å²) in [5.74, 6) is -1.69. The van der Waals surface area contributed by atoms with Gasteiger partial charge in [0.25, 0.3) is 0 Å². The Hall–Kier alpha value is -4.09. The Morgan fingerprint density at radius 3 is 1.91 bits per heavy atom. The summed E-state index contributed by atoms with van der Waals surface area (Å²) in [6.07, 6.45) is -4.05. The third-order valence-corrected chi connectivity index (χ3v) is 7.05. The minimum atomic E-state index is -1.41. The van der Waals surface area contributed by atoms with Gasteiger partial charge in [0.2, 0.25) is 0 Å².